The van der Waals surface area contributed by atoms with Crippen molar-refractivity contribution >= 4 is 23.3 Å². The molecule has 0 bridgehead atoms. The highest BCUT2D eigenvalue weighted by molar-refractivity contribution is 6.43. The molecule has 0 fully saturated rings. The molecule has 9 heteroatoms. The van der Waals surface area contributed by atoms with Crippen LogP contribution in [0.4, 0.5) is 10.1 Å². The molecule has 0 spiro atoms. The third-order valence-corrected chi connectivity index (χ3v) is 4.61. The van der Waals surface area contributed by atoms with Crippen LogP contribution < -0.4 is 10.6 Å². The molecule has 1 aromatic heterocycles. The Morgan fingerprint density at radius 3 is 2.57 bits per heavy atom. The molecular formula is C21H19FN4O4. The Hall–Kier alpha value is -3.95. The van der Waals surface area contributed by atoms with Gasteiger partial charge in [-0.15, -0.1) is 6.42 Å². The van der Waals surface area contributed by atoms with Crippen LogP contribution in [-0.4, -0.2) is 39.9 Å². The molecule has 0 saturated carbocycles. The van der Waals surface area contributed by atoms with Crippen LogP contribution in [0.1, 0.15) is 37.7 Å². The van der Waals surface area contributed by atoms with E-state index in [-0.39, 0.29) is 28.1 Å². The second-order valence-electron chi connectivity index (χ2n) is 6.46. The summed E-state index contributed by atoms with van der Waals surface area (Å²) in [6, 6.07) is 4.21. The third-order valence-electron chi connectivity index (χ3n) is 4.61. The molecule has 2 amide bonds. The summed E-state index contributed by atoms with van der Waals surface area (Å²) in [4.78, 5) is 37.6. The van der Waals surface area contributed by atoms with Gasteiger partial charge in [0.05, 0.1) is 17.7 Å². The van der Waals surface area contributed by atoms with E-state index in [1.54, 1.807) is 20.0 Å². The molecule has 0 aliphatic heterocycles. The zero-order valence-corrected chi connectivity index (χ0v) is 16.5. The number of hydrogen-bond acceptors (Lipinski definition) is 5. The van der Waals surface area contributed by atoms with Gasteiger partial charge in [-0.1, -0.05) is 5.92 Å². The van der Waals surface area contributed by atoms with Gasteiger partial charge in [-0.2, -0.15) is 5.26 Å². The number of rotatable bonds is 6. The summed E-state index contributed by atoms with van der Waals surface area (Å²) in [7, 11) is 1.55. The molecule has 2 rings (SSSR count). The molecule has 1 aromatic carbocycles. The van der Waals surface area contributed by atoms with Crippen molar-refractivity contribution in [2.75, 3.05) is 11.9 Å². The average Bonchev–Trinajstić information content (AvgIpc) is 2.95. The number of carbonyl (C=O) groups is 3. The number of ketones is 1. The molecule has 1 heterocycles. The minimum Gasteiger partial charge on any atom is -0.393 e. The van der Waals surface area contributed by atoms with Gasteiger partial charge in [0.25, 0.3) is 17.6 Å². The number of Topliss-reactive ketones (excluding diaryl/α,β-unsaturated/α-hetero) is 1. The minimum atomic E-state index is -1.01. The Labute approximate surface area is 172 Å². The van der Waals surface area contributed by atoms with Crippen LogP contribution in [0.3, 0.4) is 0 Å². The van der Waals surface area contributed by atoms with E-state index in [1.165, 1.54) is 23.6 Å². The Kier molecular flexibility index (Phi) is 6.73. The number of nitrogens with one attached hydrogen (secondary N) is 2. The number of benzene rings is 1. The summed E-state index contributed by atoms with van der Waals surface area (Å²) in [5.74, 6) is -1.09. The minimum absolute atomic E-state index is 0.0330. The van der Waals surface area contributed by atoms with Crippen LogP contribution in [0, 0.1) is 43.3 Å². The largest absolute Gasteiger partial charge is 0.393 e. The summed E-state index contributed by atoms with van der Waals surface area (Å²) in [5, 5.41) is 22.8. The first-order valence-corrected chi connectivity index (χ1v) is 8.75. The van der Waals surface area contributed by atoms with E-state index in [0.29, 0.717) is 5.69 Å². The second-order valence-corrected chi connectivity index (χ2v) is 6.46. The standard InChI is InChI=1S/C21H19FN4O4/c1-5-14(10-27)24-21(30)19(28)17-11(2)18(26(4)12(17)3)20(29)25-15-6-7-16(22)13(8-15)9-23/h1,6-8,14,27H,10H2,2-4H3,(H,24,30)(H,25,29)/t14-/m1/s1. The lowest BCUT2D eigenvalue weighted by atomic mass is 10.0. The quantitative estimate of drug-likeness (QED) is 0.375. The lowest BCUT2D eigenvalue weighted by Gasteiger charge is -2.09. The highest BCUT2D eigenvalue weighted by Crippen LogP contribution is 2.23. The van der Waals surface area contributed by atoms with Crippen molar-refractivity contribution in [1.29, 1.82) is 5.26 Å². The predicted molar refractivity (Wildman–Crippen MR) is 106 cm³/mol. The molecule has 0 unspecified atom stereocenters. The number of terminal acetylenes is 1. The maximum Gasteiger partial charge on any atom is 0.293 e. The molecule has 1 atom stereocenters. The van der Waals surface area contributed by atoms with E-state index in [4.69, 9.17) is 16.8 Å². The van der Waals surface area contributed by atoms with Crippen LogP contribution in [0.15, 0.2) is 18.2 Å². The summed E-state index contributed by atoms with van der Waals surface area (Å²) >= 11 is 0. The fourth-order valence-electron chi connectivity index (χ4n) is 2.99. The Balaban J connectivity index is 2.37. The van der Waals surface area contributed by atoms with Crippen molar-refractivity contribution < 1.29 is 23.9 Å². The van der Waals surface area contributed by atoms with Crippen molar-refractivity contribution in [3.8, 4) is 18.4 Å². The molecule has 8 nitrogen and oxygen atoms in total. The van der Waals surface area contributed by atoms with Crippen molar-refractivity contribution in [2.24, 2.45) is 7.05 Å². The zero-order valence-electron chi connectivity index (χ0n) is 16.5. The molecule has 0 saturated heterocycles. The summed E-state index contributed by atoms with van der Waals surface area (Å²) in [6.45, 7) is 2.55. The van der Waals surface area contributed by atoms with Gasteiger partial charge in [0.2, 0.25) is 0 Å². The molecule has 0 aliphatic rings. The van der Waals surface area contributed by atoms with E-state index >= 15 is 0 Å². The van der Waals surface area contributed by atoms with E-state index in [9.17, 15) is 18.8 Å². The number of amides is 2. The van der Waals surface area contributed by atoms with Crippen molar-refractivity contribution in [3.05, 3.63) is 52.1 Å². The second kappa shape index (κ2) is 9.03. The predicted octanol–water partition coefficient (Wildman–Crippen LogP) is 1.20. The molecule has 3 N–H and O–H groups in total. The number of nitrogens with zero attached hydrogens (tertiary/aromatic N) is 2. The van der Waals surface area contributed by atoms with Crippen LogP contribution in [0.2, 0.25) is 0 Å². The molecule has 0 aliphatic carbocycles. The number of anilines is 1. The molecule has 154 valence electrons. The number of hydrogen-bond donors (Lipinski definition) is 3. The normalized spacial score (nSPS) is 11.2. The smallest absolute Gasteiger partial charge is 0.293 e. The van der Waals surface area contributed by atoms with Crippen LogP contribution in [0.25, 0.3) is 0 Å². The monoisotopic (exact) mass is 410 g/mol. The number of halogens is 1. The van der Waals surface area contributed by atoms with Crippen LogP contribution in [-0.2, 0) is 11.8 Å². The first-order valence-electron chi connectivity index (χ1n) is 8.75. The highest BCUT2D eigenvalue weighted by Gasteiger charge is 2.29. The SMILES string of the molecule is C#C[C@H](CO)NC(=O)C(=O)c1c(C)c(C(=O)Nc2ccc(F)c(C#N)c2)n(C)c1C. The summed E-state index contributed by atoms with van der Waals surface area (Å²) < 4.78 is 14.9. The van der Waals surface area contributed by atoms with Gasteiger partial charge >= 0.3 is 0 Å². The lowest BCUT2D eigenvalue weighted by Crippen LogP contribution is -2.40. The topological polar surface area (TPSA) is 124 Å². The van der Waals surface area contributed by atoms with Gasteiger partial charge in [-0.05, 0) is 37.6 Å². The summed E-state index contributed by atoms with van der Waals surface area (Å²) in [6.07, 6.45) is 5.16. The molecule has 0 radical (unpaired) electrons. The third kappa shape index (κ3) is 4.22. The Bertz CT molecular complexity index is 1120. The van der Waals surface area contributed by atoms with Crippen molar-refractivity contribution in [3.63, 3.8) is 0 Å². The maximum absolute atomic E-state index is 13.5. The lowest BCUT2D eigenvalue weighted by molar-refractivity contribution is -0.117. The Morgan fingerprint density at radius 2 is 2.00 bits per heavy atom. The first kappa shape index (κ1) is 22.3. The van der Waals surface area contributed by atoms with E-state index in [1.807, 2.05) is 0 Å². The van der Waals surface area contributed by atoms with Gasteiger partial charge in [-0.3, -0.25) is 14.4 Å². The fraction of sp³-hybridized carbons (Fsp3) is 0.238. The van der Waals surface area contributed by atoms with Crippen molar-refractivity contribution in [2.45, 2.75) is 19.9 Å². The van der Waals surface area contributed by atoms with E-state index in [0.717, 1.165) is 6.07 Å². The number of nitriles is 1. The maximum atomic E-state index is 13.5. The van der Waals surface area contributed by atoms with Crippen LogP contribution >= 0.6 is 0 Å². The molecule has 30 heavy (non-hydrogen) atoms. The Morgan fingerprint density at radius 1 is 1.33 bits per heavy atom. The number of carbonyl (C=O) groups excluding carboxylic acids is 3. The number of aliphatic hydroxyl groups is 1. The van der Waals surface area contributed by atoms with Gasteiger partial charge in [0.1, 0.15) is 23.6 Å². The van der Waals surface area contributed by atoms with Gasteiger partial charge < -0.3 is 20.3 Å². The van der Waals surface area contributed by atoms with Gasteiger partial charge in [0, 0.05) is 18.4 Å². The number of aromatic nitrogens is 1. The van der Waals surface area contributed by atoms with Crippen LogP contribution in [0.5, 0.6) is 0 Å². The van der Waals surface area contributed by atoms with Gasteiger partial charge in [-0.25, -0.2) is 4.39 Å². The highest BCUT2D eigenvalue weighted by atomic mass is 19.1. The summed E-state index contributed by atoms with van der Waals surface area (Å²) in [5.41, 5.74) is 0.744. The van der Waals surface area contributed by atoms with Crippen molar-refractivity contribution in [1.82, 2.24) is 9.88 Å². The van der Waals surface area contributed by atoms with E-state index in [2.05, 4.69) is 16.6 Å². The molecular weight excluding hydrogens is 391 g/mol. The number of aliphatic hydroxyl groups excluding tert-OH is 1. The zero-order chi connectivity index (χ0) is 22.6. The van der Waals surface area contributed by atoms with Gasteiger partial charge in [0.15, 0.2) is 0 Å². The fourth-order valence-corrected chi connectivity index (χ4v) is 2.99. The molecule has 2 aromatic rings. The average molecular weight is 410 g/mol. The first-order chi connectivity index (χ1) is 14.2. The van der Waals surface area contributed by atoms with E-state index < -0.39 is 36.1 Å².